The number of hydrogen-bond acceptors (Lipinski definition) is 4. The number of nitrogens with two attached hydrogens (primary N) is 1. The van der Waals surface area contributed by atoms with Crippen molar-refractivity contribution in [2.24, 2.45) is 0 Å². The van der Waals surface area contributed by atoms with Crippen LogP contribution in [0.1, 0.15) is 23.7 Å². The summed E-state index contributed by atoms with van der Waals surface area (Å²) in [5, 5.41) is 9.46. The fourth-order valence-corrected chi connectivity index (χ4v) is 2.14. The number of rotatable bonds is 2. The number of anilines is 1. The molecule has 1 saturated heterocycles. The van der Waals surface area contributed by atoms with E-state index in [0.717, 1.165) is 6.42 Å². The molecule has 0 aromatic heterocycles. The topological polar surface area (TPSA) is 75.8 Å². The zero-order valence-electron chi connectivity index (χ0n) is 10.4. The number of nitrogen functional groups attached to an aromatic ring is 1. The number of ether oxygens (including phenoxy) is 1. The summed E-state index contributed by atoms with van der Waals surface area (Å²) in [6.45, 7) is 3.68. The molecule has 3 N–H and O–H groups in total. The Kier molecular flexibility index (Phi) is 3.72. The number of aromatic hydroxyl groups is 1. The van der Waals surface area contributed by atoms with Crippen LogP contribution in [-0.4, -0.2) is 41.7 Å². The number of benzene rings is 1. The maximum absolute atomic E-state index is 12.4. The molecule has 1 atom stereocenters. The van der Waals surface area contributed by atoms with Crippen molar-refractivity contribution in [2.45, 2.75) is 19.4 Å². The van der Waals surface area contributed by atoms with E-state index in [-0.39, 0.29) is 17.7 Å². The molecule has 1 fully saturated rings. The first-order chi connectivity index (χ1) is 8.63. The number of phenols is 1. The van der Waals surface area contributed by atoms with Gasteiger partial charge in [-0.3, -0.25) is 4.79 Å². The summed E-state index contributed by atoms with van der Waals surface area (Å²) < 4.78 is 5.37. The van der Waals surface area contributed by atoms with Crippen LogP contribution in [0.25, 0.3) is 0 Å². The highest BCUT2D eigenvalue weighted by molar-refractivity contribution is 5.99. The van der Waals surface area contributed by atoms with Crippen molar-refractivity contribution in [1.82, 2.24) is 4.90 Å². The normalized spacial score (nSPS) is 19.8. The predicted molar refractivity (Wildman–Crippen MR) is 68.5 cm³/mol. The standard InChI is InChI=1S/C13H18N2O3/c1-2-9-8-18-6-5-15(9)13(17)11-7-10(16)3-4-12(11)14/h3-4,7,9,16H,2,5-6,8,14H2,1H3. The first-order valence-corrected chi connectivity index (χ1v) is 6.10. The molecule has 0 aliphatic carbocycles. The van der Waals surface area contributed by atoms with E-state index in [1.165, 1.54) is 12.1 Å². The van der Waals surface area contributed by atoms with E-state index in [1.54, 1.807) is 11.0 Å². The molecule has 0 spiro atoms. The third-order valence-corrected chi connectivity index (χ3v) is 3.23. The van der Waals surface area contributed by atoms with Gasteiger partial charge in [-0.15, -0.1) is 0 Å². The van der Waals surface area contributed by atoms with Gasteiger partial charge in [-0.1, -0.05) is 6.92 Å². The molecule has 1 aromatic carbocycles. The van der Waals surface area contributed by atoms with E-state index in [0.29, 0.717) is 31.0 Å². The summed E-state index contributed by atoms with van der Waals surface area (Å²) in [4.78, 5) is 14.2. The second-order valence-electron chi connectivity index (χ2n) is 4.41. The van der Waals surface area contributed by atoms with Crippen LogP contribution in [0.2, 0.25) is 0 Å². The number of carbonyl (C=O) groups excluding carboxylic acids is 1. The maximum Gasteiger partial charge on any atom is 0.256 e. The van der Waals surface area contributed by atoms with Crippen molar-refractivity contribution in [3.8, 4) is 5.75 Å². The van der Waals surface area contributed by atoms with Crippen LogP contribution < -0.4 is 5.73 Å². The predicted octanol–water partition coefficient (Wildman–Crippen LogP) is 1.23. The minimum atomic E-state index is -0.140. The number of hydrogen-bond donors (Lipinski definition) is 2. The van der Waals surface area contributed by atoms with E-state index >= 15 is 0 Å². The van der Waals surface area contributed by atoms with Crippen molar-refractivity contribution in [1.29, 1.82) is 0 Å². The summed E-state index contributed by atoms with van der Waals surface area (Å²) in [5.74, 6) is -0.0904. The van der Waals surface area contributed by atoms with Crippen LogP contribution in [0.5, 0.6) is 5.75 Å². The SMILES string of the molecule is CCC1COCCN1C(=O)c1cc(O)ccc1N. The fourth-order valence-electron chi connectivity index (χ4n) is 2.14. The summed E-state index contributed by atoms with van der Waals surface area (Å²) in [5.41, 5.74) is 6.54. The van der Waals surface area contributed by atoms with Gasteiger partial charge in [-0.05, 0) is 24.6 Å². The highest BCUT2D eigenvalue weighted by Crippen LogP contribution is 2.22. The van der Waals surface area contributed by atoms with Gasteiger partial charge in [0.25, 0.3) is 5.91 Å². The lowest BCUT2D eigenvalue weighted by Crippen LogP contribution is -2.48. The van der Waals surface area contributed by atoms with Gasteiger partial charge in [0, 0.05) is 12.2 Å². The average Bonchev–Trinajstić information content (AvgIpc) is 2.40. The van der Waals surface area contributed by atoms with Crippen LogP contribution in [0, 0.1) is 0 Å². The number of phenolic OH excluding ortho intramolecular Hbond substituents is 1. The molecule has 1 heterocycles. The second kappa shape index (κ2) is 5.27. The Hall–Kier alpha value is -1.75. The summed E-state index contributed by atoms with van der Waals surface area (Å²) in [7, 11) is 0. The van der Waals surface area contributed by atoms with E-state index in [2.05, 4.69) is 0 Å². The van der Waals surface area contributed by atoms with Gasteiger partial charge in [-0.25, -0.2) is 0 Å². The van der Waals surface area contributed by atoms with Gasteiger partial charge in [0.05, 0.1) is 24.8 Å². The van der Waals surface area contributed by atoms with Gasteiger partial charge in [0.1, 0.15) is 5.75 Å². The summed E-state index contributed by atoms with van der Waals surface area (Å²) >= 11 is 0. The quantitative estimate of drug-likeness (QED) is 0.611. The van der Waals surface area contributed by atoms with Gasteiger partial charge >= 0.3 is 0 Å². The molecule has 0 radical (unpaired) electrons. The van der Waals surface area contributed by atoms with Crippen molar-refractivity contribution < 1.29 is 14.6 Å². The van der Waals surface area contributed by atoms with Crippen LogP contribution in [0.3, 0.4) is 0 Å². The Morgan fingerprint density at radius 3 is 3.11 bits per heavy atom. The number of amides is 1. The third kappa shape index (κ3) is 2.41. The molecule has 2 rings (SSSR count). The molecule has 1 aromatic rings. The lowest BCUT2D eigenvalue weighted by molar-refractivity contribution is -0.00275. The molecule has 5 nitrogen and oxygen atoms in total. The largest absolute Gasteiger partial charge is 0.508 e. The lowest BCUT2D eigenvalue weighted by atomic mass is 10.1. The summed E-state index contributed by atoms with van der Waals surface area (Å²) in [6, 6.07) is 4.51. The molecule has 1 unspecified atom stereocenters. The highest BCUT2D eigenvalue weighted by Gasteiger charge is 2.27. The first-order valence-electron chi connectivity index (χ1n) is 6.10. The third-order valence-electron chi connectivity index (χ3n) is 3.23. The van der Waals surface area contributed by atoms with Crippen LogP contribution in [0.15, 0.2) is 18.2 Å². The maximum atomic E-state index is 12.4. The number of carbonyl (C=O) groups is 1. The highest BCUT2D eigenvalue weighted by atomic mass is 16.5. The Morgan fingerprint density at radius 2 is 2.39 bits per heavy atom. The van der Waals surface area contributed by atoms with Crippen LogP contribution in [-0.2, 0) is 4.74 Å². The zero-order chi connectivity index (χ0) is 13.1. The Morgan fingerprint density at radius 1 is 1.61 bits per heavy atom. The zero-order valence-corrected chi connectivity index (χ0v) is 10.4. The monoisotopic (exact) mass is 250 g/mol. The van der Waals surface area contributed by atoms with Crippen LogP contribution in [0.4, 0.5) is 5.69 Å². The molecule has 98 valence electrons. The van der Waals surface area contributed by atoms with Crippen molar-refractivity contribution in [3.05, 3.63) is 23.8 Å². The van der Waals surface area contributed by atoms with Gasteiger partial charge < -0.3 is 20.5 Å². The van der Waals surface area contributed by atoms with E-state index in [4.69, 9.17) is 10.5 Å². The van der Waals surface area contributed by atoms with Crippen molar-refractivity contribution >= 4 is 11.6 Å². The molecule has 0 saturated carbocycles. The molecular formula is C13H18N2O3. The number of nitrogens with zero attached hydrogens (tertiary/aromatic N) is 1. The first kappa shape index (κ1) is 12.7. The average molecular weight is 250 g/mol. The molecule has 1 aliphatic heterocycles. The van der Waals surface area contributed by atoms with E-state index < -0.39 is 0 Å². The van der Waals surface area contributed by atoms with Gasteiger partial charge in [0.15, 0.2) is 0 Å². The minimum absolute atomic E-state index is 0.0499. The Bertz CT molecular complexity index is 448. The number of morpholine rings is 1. The van der Waals surface area contributed by atoms with Crippen LogP contribution >= 0.6 is 0 Å². The van der Waals surface area contributed by atoms with E-state index in [1.807, 2.05) is 6.92 Å². The smallest absolute Gasteiger partial charge is 0.256 e. The van der Waals surface area contributed by atoms with Crippen molar-refractivity contribution in [2.75, 3.05) is 25.5 Å². The lowest BCUT2D eigenvalue weighted by Gasteiger charge is -2.35. The molecule has 5 heteroatoms. The molecule has 1 amide bonds. The van der Waals surface area contributed by atoms with Gasteiger partial charge in [-0.2, -0.15) is 0 Å². The Balaban J connectivity index is 2.26. The van der Waals surface area contributed by atoms with Crippen molar-refractivity contribution in [3.63, 3.8) is 0 Å². The van der Waals surface area contributed by atoms with Gasteiger partial charge in [0.2, 0.25) is 0 Å². The molecule has 18 heavy (non-hydrogen) atoms. The molecule has 0 bridgehead atoms. The van der Waals surface area contributed by atoms with E-state index in [9.17, 15) is 9.90 Å². The fraction of sp³-hybridized carbons (Fsp3) is 0.462. The second-order valence-corrected chi connectivity index (χ2v) is 4.41. The molecular weight excluding hydrogens is 232 g/mol. The molecule has 1 aliphatic rings. The minimum Gasteiger partial charge on any atom is -0.508 e. The summed E-state index contributed by atoms with van der Waals surface area (Å²) in [6.07, 6.45) is 0.838. The Labute approximate surface area is 106 Å².